The molecule has 2 aromatic rings. The van der Waals surface area contributed by atoms with Crippen LogP contribution in [0.2, 0.25) is 0 Å². The highest BCUT2D eigenvalue weighted by Crippen LogP contribution is 2.16. The quantitative estimate of drug-likeness (QED) is 0.669. The Morgan fingerprint density at radius 2 is 1.83 bits per heavy atom. The molecule has 0 atom stereocenters. The number of hydrogen-bond acceptors (Lipinski definition) is 5. The van der Waals surface area contributed by atoms with E-state index in [1.165, 1.54) is 16.8 Å². The van der Waals surface area contributed by atoms with Crippen LogP contribution in [-0.4, -0.2) is 44.6 Å². The third kappa shape index (κ3) is 3.72. The molecular formula is C15H18ClN5O3. The van der Waals surface area contributed by atoms with E-state index in [9.17, 15) is 14.9 Å². The Hall–Kier alpha value is -2.45. The zero-order valence-corrected chi connectivity index (χ0v) is 13.7. The Bertz CT molecular complexity index is 723. The second-order valence-corrected chi connectivity index (χ2v) is 5.55. The van der Waals surface area contributed by atoms with E-state index in [-0.39, 0.29) is 30.0 Å². The van der Waals surface area contributed by atoms with Gasteiger partial charge < -0.3 is 10.6 Å². The number of amides is 1. The molecule has 0 unspecified atom stereocenters. The molecule has 1 aliphatic heterocycles. The zero-order valence-electron chi connectivity index (χ0n) is 12.9. The van der Waals surface area contributed by atoms with Gasteiger partial charge in [-0.1, -0.05) is 0 Å². The highest BCUT2D eigenvalue weighted by Gasteiger charge is 2.23. The molecule has 0 spiro atoms. The summed E-state index contributed by atoms with van der Waals surface area (Å²) in [7, 11) is 0. The van der Waals surface area contributed by atoms with E-state index in [0.717, 1.165) is 12.8 Å². The van der Waals surface area contributed by atoms with Crippen molar-refractivity contribution in [3.05, 3.63) is 52.3 Å². The normalized spacial score (nSPS) is 15.0. The van der Waals surface area contributed by atoms with Gasteiger partial charge in [0.15, 0.2) is 5.69 Å². The predicted octanol–water partition coefficient (Wildman–Crippen LogP) is 1.77. The monoisotopic (exact) mass is 351 g/mol. The molecule has 1 aliphatic rings. The molecular weight excluding hydrogens is 334 g/mol. The number of carbonyl (C=O) groups excluding carboxylic acids is 1. The molecule has 0 saturated carbocycles. The van der Waals surface area contributed by atoms with E-state index in [1.54, 1.807) is 29.3 Å². The fourth-order valence-electron chi connectivity index (χ4n) is 2.57. The second-order valence-electron chi connectivity index (χ2n) is 5.55. The summed E-state index contributed by atoms with van der Waals surface area (Å²) in [6.45, 7) is 1.29. The molecule has 1 saturated heterocycles. The molecule has 9 heteroatoms. The molecule has 1 amide bonds. The van der Waals surface area contributed by atoms with Gasteiger partial charge in [-0.25, -0.2) is 4.68 Å². The first-order valence-corrected chi connectivity index (χ1v) is 7.40. The Kier molecular flexibility index (Phi) is 5.53. The molecule has 24 heavy (non-hydrogen) atoms. The van der Waals surface area contributed by atoms with Crippen molar-refractivity contribution in [2.75, 3.05) is 13.1 Å². The highest BCUT2D eigenvalue weighted by atomic mass is 35.5. The third-order valence-corrected chi connectivity index (χ3v) is 3.96. The summed E-state index contributed by atoms with van der Waals surface area (Å²) in [5.74, 6) is -0.113. The number of benzene rings is 1. The summed E-state index contributed by atoms with van der Waals surface area (Å²) < 4.78 is 1.53. The number of aromatic nitrogens is 2. The van der Waals surface area contributed by atoms with Crippen LogP contribution in [0.5, 0.6) is 0 Å². The Morgan fingerprint density at radius 3 is 2.42 bits per heavy atom. The summed E-state index contributed by atoms with van der Waals surface area (Å²) >= 11 is 0. The van der Waals surface area contributed by atoms with Crippen LogP contribution in [0.3, 0.4) is 0 Å². The number of nitro benzene ring substituents is 1. The van der Waals surface area contributed by atoms with Crippen molar-refractivity contribution in [2.24, 2.45) is 5.73 Å². The van der Waals surface area contributed by atoms with Crippen LogP contribution in [0.15, 0.2) is 36.5 Å². The zero-order chi connectivity index (χ0) is 16.4. The lowest BCUT2D eigenvalue weighted by atomic mass is 10.1. The van der Waals surface area contributed by atoms with Crippen molar-refractivity contribution in [2.45, 2.75) is 18.9 Å². The predicted molar refractivity (Wildman–Crippen MR) is 90.6 cm³/mol. The molecule has 3 rings (SSSR count). The van der Waals surface area contributed by atoms with Crippen LogP contribution in [0, 0.1) is 10.1 Å². The summed E-state index contributed by atoms with van der Waals surface area (Å²) in [5.41, 5.74) is 6.88. The lowest BCUT2D eigenvalue weighted by Gasteiger charge is -2.29. The topological polar surface area (TPSA) is 107 Å². The van der Waals surface area contributed by atoms with Gasteiger partial charge in [0.05, 0.1) is 10.6 Å². The van der Waals surface area contributed by atoms with Crippen LogP contribution < -0.4 is 5.73 Å². The first kappa shape index (κ1) is 17.9. The molecule has 1 aromatic heterocycles. The van der Waals surface area contributed by atoms with Gasteiger partial charge in [-0.2, -0.15) is 5.10 Å². The maximum atomic E-state index is 12.4. The smallest absolute Gasteiger partial charge is 0.274 e. The van der Waals surface area contributed by atoms with E-state index < -0.39 is 4.92 Å². The van der Waals surface area contributed by atoms with E-state index in [1.807, 2.05) is 0 Å². The van der Waals surface area contributed by atoms with Crippen molar-refractivity contribution in [3.8, 4) is 5.69 Å². The minimum absolute atomic E-state index is 0. The van der Waals surface area contributed by atoms with Gasteiger partial charge >= 0.3 is 0 Å². The highest BCUT2D eigenvalue weighted by molar-refractivity contribution is 5.92. The molecule has 8 nitrogen and oxygen atoms in total. The molecule has 2 N–H and O–H groups in total. The van der Waals surface area contributed by atoms with Crippen molar-refractivity contribution in [1.29, 1.82) is 0 Å². The van der Waals surface area contributed by atoms with Crippen LogP contribution in [0.1, 0.15) is 23.3 Å². The van der Waals surface area contributed by atoms with Gasteiger partial charge in [-0.3, -0.25) is 14.9 Å². The van der Waals surface area contributed by atoms with Crippen LogP contribution >= 0.6 is 12.4 Å². The van der Waals surface area contributed by atoms with Crippen LogP contribution in [-0.2, 0) is 0 Å². The minimum atomic E-state index is -0.455. The molecule has 1 fully saturated rings. The van der Waals surface area contributed by atoms with E-state index in [0.29, 0.717) is 24.5 Å². The Labute approximate surface area is 144 Å². The number of piperidine rings is 1. The first-order valence-electron chi connectivity index (χ1n) is 7.40. The lowest BCUT2D eigenvalue weighted by molar-refractivity contribution is -0.384. The Balaban J connectivity index is 0.00000208. The van der Waals surface area contributed by atoms with Crippen molar-refractivity contribution in [1.82, 2.24) is 14.7 Å². The molecule has 0 radical (unpaired) electrons. The summed E-state index contributed by atoms with van der Waals surface area (Å²) in [5, 5.41) is 14.9. The maximum Gasteiger partial charge on any atom is 0.274 e. The number of nitrogens with zero attached hydrogens (tertiary/aromatic N) is 4. The van der Waals surface area contributed by atoms with E-state index in [4.69, 9.17) is 5.73 Å². The molecule has 0 aliphatic carbocycles. The van der Waals surface area contributed by atoms with Crippen molar-refractivity contribution < 1.29 is 9.72 Å². The summed E-state index contributed by atoms with van der Waals surface area (Å²) in [4.78, 5) is 24.4. The first-order chi connectivity index (χ1) is 11.0. The molecule has 1 aromatic carbocycles. The summed E-state index contributed by atoms with van der Waals surface area (Å²) in [6.07, 6.45) is 3.27. The average molecular weight is 352 g/mol. The van der Waals surface area contributed by atoms with Crippen LogP contribution in [0.4, 0.5) is 5.69 Å². The number of carbonyl (C=O) groups is 1. The molecule has 2 heterocycles. The Morgan fingerprint density at radius 1 is 1.21 bits per heavy atom. The van der Waals surface area contributed by atoms with Crippen molar-refractivity contribution in [3.63, 3.8) is 0 Å². The van der Waals surface area contributed by atoms with E-state index >= 15 is 0 Å². The fourth-order valence-corrected chi connectivity index (χ4v) is 2.57. The second kappa shape index (κ2) is 7.41. The van der Waals surface area contributed by atoms with Gasteiger partial charge in [-0.15, -0.1) is 12.4 Å². The van der Waals surface area contributed by atoms with Gasteiger partial charge in [0.25, 0.3) is 11.6 Å². The number of nitro groups is 1. The standard InChI is InChI=1S/C15H17N5O3.ClH/c16-11-5-8-18(9-6-11)15(21)14-7-10-19(17-14)12-1-3-13(4-2-12)20(22)23;/h1-4,7,10-11H,5-6,8-9,16H2;1H. The van der Waals surface area contributed by atoms with Gasteiger partial charge in [0.1, 0.15) is 0 Å². The van der Waals surface area contributed by atoms with Gasteiger partial charge in [0, 0.05) is 37.5 Å². The maximum absolute atomic E-state index is 12.4. The van der Waals surface area contributed by atoms with Gasteiger partial charge in [-0.05, 0) is 31.0 Å². The van der Waals surface area contributed by atoms with E-state index in [2.05, 4.69) is 5.10 Å². The average Bonchev–Trinajstić information content (AvgIpc) is 3.05. The minimum Gasteiger partial charge on any atom is -0.337 e. The number of halogens is 1. The number of hydrogen-bond donors (Lipinski definition) is 1. The third-order valence-electron chi connectivity index (χ3n) is 3.96. The molecule has 0 bridgehead atoms. The molecule has 128 valence electrons. The van der Waals surface area contributed by atoms with Gasteiger partial charge in [0.2, 0.25) is 0 Å². The lowest BCUT2D eigenvalue weighted by Crippen LogP contribution is -2.43. The SMILES string of the molecule is Cl.NC1CCN(C(=O)c2ccn(-c3ccc([N+](=O)[O-])cc3)n2)CC1. The number of non-ortho nitro benzene ring substituents is 1. The number of rotatable bonds is 3. The number of nitrogens with two attached hydrogens (primary N) is 1. The van der Waals surface area contributed by atoms with Crippen LogP contribution in [0.25, 0.3) is 5.69 Å². The largest absolute Gasteiger partial charge is 0.337 e. The fraction of sp³-hybridized carbons (Fsp3) is 0.333. The number of likely N-dealkylation sites (tertiary alicyclic amines) is 1. The summed E-state index contributed by atoms with van der Waals surface area (Å²) in [6, 6.07) is 7.82. The van der Waals surface area contributed by atoms with Crippen molar-refractivity contribution >= 4 is 24.0 Å².